The molecule has 1 N–H and O–H groups in total. The summed E-state index contributed by atoms with van der Waals surface area (Å²) in [6, 6.07) is -0.0852. The largest absolute Gasteiger partial charge is 0.304 e. The van der Waals surface area contributed by atoms with Crippen LogP contribution in [0.5, 0.6) is 0 Å². The Morgan fingerprint density at radius 1 is 1.25 bits per heavy atom. The van der Waals surface area contributed by atoms with Crippen molar-refractivity contribution in [2.75, 3.05) is 6.54 Å². The molecule has 1 atom stereocenters. The number of halogens is 1. The highest BCUT2D eigenvalue weighted by Gasteiger charge is 2.22. The van der Waals surface area contributed by atoms with Gasteiger partial charge in [0.15, 0.2) is 0 Å². The normalized spacial score (nSPS) is 12.6. The number of hydrogen-bond donors (Lipinski definition) is 1. The highest BCUT2D eigenvalue weighted by atomic mass is 35.5. The van der Waals surface area contributed by atoms with Crippen molar-refractivity contribution in [2.24, 2.45) is 0 Å². The van der Waals surface area contributed by atoms with E-state index in [9.17, 15) is 0 Å². The molecule has 6 heteroatoms. The SMILES string of the molecule is CCCNC(c1cnc(C)cn1)c1c(Cl)cnn1CC. The number of aryl methyl sites for hydroxylation is 2. The summed E-state index contributed by atoms with van der Waals surface area (Å²) in [6.07, 6.45) is 6.29. The van der Waals surface area contributed by atoms with E-state index in [1.54, 1.807) is 18.6 Å². The second-order valence-electron chi connectivity index (χ2n) is 4.66. The second kappa shape index (κ2) is 6.81. The van der Waals surface area contributed by atoms with E-state index in [1.165, 1.54) is 0 Å². The first-order valence-electron chi connectivity index (χ1n) is 6.90. The fraction of sp³-hybridized carbons (Fsp3) is 0.500. The molecule has 0 fully saturated rings. The number of nitrogens with zero attached hydrogens (tertiary/aromatic N) is 4. The molecule has 108 valence electrons. The Morgan fingerprint density at radius 2 is 2.05 bits per heavy atom. The van der Waals surface area contributed by atoms with Crippen LogP contribution >= 0.6 is 11.6 Å². The summed E-state index contributed by atoms with van der Waals surface area (Å²) < 4.78 is 1.90. The van der Waals surface area contributed by atoms with E-state index in [-0.39, 0.29) is 6.04 Å². The highest BCUT2D eigenvalue weighted by Crippen LogP contribution is 2.27. The van der Waals surface area contributed by atoms with Gasteiger partial charge in [0.25, 0.3) is 0 Å². The number of hydrogen-bond acceptors (Lipinski definition) is 4. The molecule has 2 aromatic rings. The van der Waals surface area contributed by atoms with Crippen molar-refractivity contribution in [3.05, 3.63) is 40.7 Å². The molecule has 20 heavy (non-hydrogen) atoms. The first-order valence-corrected chi connectivity index (χ1v) is 7.28. The zero-order valence-electron chi connectivity index (χ0n) is 12.1. The van der Waals surface area contributed by atoms with Crippen molar-refractivity contribution in [2.45, 2.75) is 39.8 Å². The van der Waals surface area contributed by atoms with Gasteiger partial charge in [0, 0.05) is 12.7 Å². The Bertz CT molecular complexity index is 549. The van der Waals surface area contributed by atoms with Gasteiger partial charge in [-0.2, -0.15) is 5.10 Å². The molecule has 2 heterocycles. The number of aromatic nitrogens is 4. The average molecular weight is 294 g/mol. The van der Waals surface area contributed by atoms with Crippen LogP contribution in [0, 0.1) is 6.92 Å². The molecule has 0 aliphatic heterocycles. The van der Waals surface area contributed by atoms with Crippen molar-refractivity contribution < 1.29 is 0 Å². The maximum atomic E-state index is 6.31. The summed E-state index contributed by atoms with van der Waals surface area (Å²) in [7, 11) is 0. The smallest absolute Gasteiger partial charge is 0.0952 e. The van der Waals surface area contributed by atoms with Crippen molar-refractivity contribution in [3.8, 4) is 0 Å². The third kappa shape index (κ3) is 3.16. The fourth-order valence-electron chi connectivity index (χ4n) is 2.09. The van der Waals surface area contributed by atoms with Crippen LogP contribution in [-0.4, -0.2) is 26.3 Å². The molecule has 2 rings (SSSR count). The summed E-state index contributed by atoms with van der Waals surface area (Å²) in [6.45, 7) is 7.75. The van der Waals surface area contributed by atoms with E-state index >= 15 is 0 Å². The average Bonchev–Trinajstić information content (AvgIpc) is 2.82. The minimum atomic E-state index is -0.0852. The minimum Gasteiger partial charge on any atom is -0.304 e. The Hall–Kier alpha value is -1.46. The first kappa shape index (κ1) is 14.9. The molecule has 0 amide bonds. The molecule has 0 aliphatic rings. The lowest BCUT2D eigenvalue weighted by molar-refractivity contribution is 0.520. The third-order valence-corrected chi connectivity index (χ3v) is 3.39. The maximum absolute atomic E-state index is 6.31. The van der Waals surface area contributed by atoms with Crippen LogP contribution in [0.2, 0.25) is 5.02 Å². The topological polar surface area (TPSA) is 55.6 Å². The van der Waals surface area contributed by atoms with Crippen LogP contribution in [0.4, 0.5) is 0 Å². The molecule has 0 bridgehead atoms. The third-order valence-electron chi connectivity index (χ3n) is 3.10. The van der Waals surface area contributed by atoms with Gasteiger partial charge in [0.1, 0.15) is 0 Å². The molecule has 0 spiro atoms. The Balaban J connectivity index is 2.41. The van der Waals surface area contributed by atoms with Gasteiger partial charge in [0.2, 0.25) is 0 Å². The van der Waals surface area contributed by atoms with Gasteiger partial charge < -0.3 is 5.32 Å². The monoisotopic (exact) mass is 293 g/mol. The number of nitrogens with one attached hydrogen (secondary N) is 1. The van der Waals surface area contributed by atoms with Crippen LogP contribution in [0.3, 0.4) is 0 Å². The standard InChI is InChI=1S/C14H20ClN5/c1-4-6-16-13(12-9-17-10(3)7-18-12)14-11(15)8-19-20(14)5-2/h7-9,13,16H,4-6H2,1-3H3. The van der Waals surface area contributed by atoms with Gasteiger partial charge in [-0.05, 0) is 26.8 Å². The summed E-state index contributed by atoms with van der Waals surface area (Å²) in [5, 5.41) is 8.43. The van der Waals surface area contributed by atoms with Crippen LogP contribution in [0.25, 0.3) is 0 Å². The second-order valence-corrected chi connectivity index (χ2v) is 5.07. The zero-order valence-corrected chi connectivity index (χ0v) is 12.9. The van der Waals surface area contributed by atoms with E-state index in [2.05, 4.69) is 27.3 Å². The molecule has 0 aliphatic carbocycles. The zero-order chi connectivity index (χ0) is 14.5. The van der Waals surface area contributed by atoms with Crippen molar-refractivity contribution in [1.82, 2.24) is 25.1 Å². The lowest BCUT2D eigenvalue weighted by Gasteiger charge is -2.19. The molecule has 2 aromatic heterocycles. The van der Waals surface area contributed by atoms with Crippen molar-refractivity contribution >= 4 is 11.6 Å². The predicted molar refractivity (Wildman–Crippen MR) is 79.8 cm³/mol. The predicted octanol–water partition coefficient (Wildman–Crippen LogP) is 2.74. The van der Waals surface area contributed by atoms with E-state index in [0.29, 0.717) is 5.02 Å². The molecule has 0 saturated heterocycles. The molecule has 0 radical (unpaired) electrons. The van der Waals surface area contributed by atoms with Gasteiger partial charge in [0.05, 0.1) is 40.5 Å². The van der Waals surface area contributed by atoms with E-state index in [1.807, 2.05) is 18.5 Å². The molecule has 0 saturated carbocycles. The molecular formula is C14H20ClN5. The Labute approximate surface area is 124 Å². The lowest BCUT2D eigenvalue weighted by Crippen LogP contribution is -2.27. The maximum Gasteiger partial charge on any atom is 0.0952 e. The van der Waals surface area contributed by atoms with Crippen molar-refractivity contribution in [3.63, 3.8) is 0 Å². The lowest BCUT2D eigenvalue weighted by atomic mass is 10.1. The van der Waals surface area contributed by atoms with Crippen LogP contribution in [0.1, 0.15) is 43.4 Å². The number of rotatable bonds is 6. The van der Waals surface area contributed by atoms with Gasteiger partial charge in [-0.25, -0.2) is 0 Å². The molecule has 0 aromatic carbocycles. The summed E-state index contributed by atoms with van der Waals surface area (Å²) >= 11 is 6.31. The summed E-state index contributed by atoms with van der Waals surface area (Å²) in [4.78, 5) is 8.81. The first-order chi connectivity index (χ1) is 9.67. The van der Waals surface area contributed by atoms with Gasteiger partial charge in [-0.15, -0.1) is 0 Å². The quantitative estimate of drug-likeness (QED) is 0.890. The highest BCUT2D eigenvalue weighted by molar-refractivity contribution is 6.31. The van der Waals surface area contributed by atoms with E-state index in [4.69, 9.17) is 11.6 Å². The Morgan fingerprint density at radius 3 is 2.65 bits per heavy atom. The molecule has 5 nitrogen and oxygen atoms in total. The van der Waals surface area contributed by atoms with Crippen LogP contribution in [0.15, 0.2) is 18.6 Å². The Kier molecular flexibility index (Phi) is 5.09. The van der Waals surface area contributed by atoms with Gasteiger partial charge >= 0.3 is 0 Å². The minimum absolute atomic E-state index is 0.0852. The van der Waals surface area contributed by atoms with Gasteiger partial charge in [-0.1, -0.05) is 18.5 Å². The van der Waals surface area contributed by atoms with Crippen molar-refractivity contribution in [1.29, 1.82) is 0 Å². The molecular weight excluding hydrogens is 274 g/mol. The van der Waals surface area contributed by atoms with E-state index in [0.717, 1.165) is 36.6 Å². The van der Waals surface area contributed by atoms with E-state index < -0.39 is 0 Å². The van der Waals surface area contributed by atoms with Crippen LogP contribution < -0.4 is 5.32 Å². The van der Waals surface area contributed by atoms with Crippen LogP contribution in [-0.2, 0) is 6.54 Å². The molecule has 1 unspecified atom stereocenters. The van der Waals surface area contributed by atoms with Gasteiger partial charge in [-0.3, -0.25) is 14.6 Å². The fourth-order valence-corrected chi connectivity index (χ4v) is 2.34. The summed E-state index contributed by atoms with van der Waals surface area (Å²) in [5.41, 5.74) is 2.71. The summed E-state index contributed by atoms with van der Waals surface area (Å²) in [5.74, 6) is 0.